The standard InChI is InChI=1S/C15H21N5O3/c1-15(2,3)9-8-20-10-11(16-13(20)19(9)6-7-21)17(4)14(23)18(5)12(10)22/h8,21H,6-7H2,1-5H3. The van der Waals surface area contributed by atoms with Gasteiger partial charge in [-0.1, -0.05) is 20.8 Å². The molecule has 0 spiro atoms. The van der Waals surface area contributed by atoms with Crippen LogP contribution in [-0.2, 0) is 26.1 Å². The second-order valence-corrected chi connectivity index (χ2v) is 6.80. The first kappa shape index (κ1) is 15.5. The number of rotatable bonds is 2. The van der Waals surface area contributed by atoms with Crippen LogP contribution in [0.1, 0.15) is 26.5 Å². The molecule has 3 heterocycles. The van der Waals surface area contributed by atoms with E-state index >= 15 is 0 Å². The molecule has 0 saturated carbocycles. The van der Waals surface area contributed by atoms with E-state index in [4.69, 9.17) is 0 Å². The molecule has 0 radical (unpaired) electrons. The van der Waals surface area contributed by atoms with Gasteiger partial charge >= 0.3 is 5.69 Å². The average Bonchev–Trinajstić information content (AvgIpc) is 3.00. The Hall–Kier alpha value is -2.35. The molecule has 124 valence electrons. The Morgan fingerprint density at radius 2 is 1.83 bits per heavy atom. The molecule has 0 atom stereocenters. The Kier molecular flexibility index (Phi) is 3.26. The number of aliphatic hydroxyl groups excluding tert-OH is 1. The Morgan fingerprint density at radius 1 is 1.17 bits per heavy atom. The van der Waals surface area contributed by atoms with Crippen LogP contribution in [0.4, 0.5) is 0 Å². The van der Waals surface area contributed by atoms with Crippen LogP contribution in [0.5, 0.6) is 0 Å². The van der Waals surface area contributed by atoms with Crippen LogP contribution in [-0.4, -0.2) is 34.8 Å². The minimum absolute atomic E-state index is 0.0342. The first-order valence-corrected chi connectivity index (χ1v) is 7.47. The molecule has 0 bridgehead atoms. The Labute approximate surface area is 132 Å². The molecule has 0 aromatic carbocycles. The molecule has 8 nitrogen and oxygen atoms in total. The third-order valence-electron chi connectivity index (χ3n) is 4.15. The fourth-order valence-electron chi connectivity index (χ4n) is 2.93. The van der Waals surface area contributed by atoms with E-state index in [2.05, 4.69) is 25.8 Å². The highest BCUT2D eigenvalue weighted by atomic mass is 16.3. The quantitative estimate of drug-likeness (QED) is 0.719. The van der Waals surface area contributed by atoms with Crippen molar-refractivity contribution < 1.29 is 5.11 Å². The van der Waals surface area contributed by atoms with Gasteiger partial charge < -0.3 is 9.67 Å². The highest BCUT2D eigenvalue weighted by Gasteiger charge is 2.25. The summed E-state index contributed by atoms with van der Waals surface area (Å²) in [7, 11) is 3.05. The van der Waals surface area contributed by atoms with E-state index in [0.717, 1.165) is 10.3 Å². The molecule has 3 aromatic rings. The van der Waals surface area contributed by atoms with Gasteiger partial charge in [-0.05, 0) is 0 Å². The first-order valence-electron chi connectivity index (χ1n) is 7.47. The van der Waals surface area contributed by atoms with E-state index in [1.54, 1.807) is 11.4 Å². The van der Waals surface area contributed by atoms with Gasteiger partial charge in [-0.15, -0.1) is 0 Å². The molecule has 23 heavy (non-hydrogen) atoms. The Balaban J connectivity index is 2.55. The van der Waals surface area contributed by atoms with Crippen LogP contribution in [0.15, 0.2) is 15.8 Å². The minimum Gasteiger partial charge on any atom is -0.395 e. The number of hydrogen-bond donors (Lipinski definition) is 1. The molecule has 0 saturated heterocycles. The predicted molar refractivity (Wildman–Crippen MR) is 87.0 cm³/mol. The SMILES string of the molecule is Cn1c(=O)c2c(nc3n(CCO)c(C(C)(C)C)cn23)n(C)c1=O. The molecule has 0 amide bonds. The Bertz CT molecular complexity index is 1030. The number of aryl methyl sites for hydroxylation is 1. The van der Waals surface area contributed by atoms with Crippen LogP contribution in [0.3, 0.4) is 0 Å². The lowest BCUT2D eigenvalue weighted by atomic mass is 9.92. The zero-order chi connectivity index (χ0) is 17.1. The first-order chi connectivity index (χ1) is 10.7. The summed E-state index contributed by atoms with van der Waals surface area (Å²) < 4.78 is 6.05. The van der Waals surface area contributed by atoms with Gasteiger partial charge in [0, 0.05) is 37.9 Å². The Morgan fingerprint density at radius 3 is 2.39 bits per heavy atom. The summed E-state index contributed by atoms with van der Waals surface area (Å²) in [5.41, 5.74) is 0.720. The van der Waals surface area contributed by atoms with E-state index in [1.807, 2.05) is 10.8 Å². The van der Waals surface area contributed by atoms with Crippen molar-refractivity contribution in [1.29, 1.82) is 0 Å². The van der Waals surface area contributed by atoms with Crippen molar-refractivity contribution in [2.75, 3.05) is 6.61 Å². The highest BCUT2D eigenvalue weighted by Crippen LogP contribution is 2.26. The summed E-state index contributed by atoms with van der Waals surface area (Å²) in [6.07, 6.45) is 1.87. The third-order valence-corrected chi connectivity index (χ3v) is 4.15. The summed E-state index contributed by atoms with van der Waals surface area (Å²) in [6, 6.07) is 0. The van der Waals surface area contributed by atoms with Gasteiger partial charge in [0.15, 0.2) is 11.2 Å². The largest absolute Gasteiger partial charge is 0.395 e. The van der Waals surface area contributed by atoms with E-state index in [9.17, 15) is 14.7 Å². The smallest absolute Gasteiger partial charge is 0.332 e. The molecule has 8 heteroatoms. The van der Waals surface area contributed by atoms with Crippen molar-refractivity contribution in [2.24, 2.45) is 14.1 Å². The predicted octanol–water partition coefficient (Wildman–Crippen LogP) is -0.0238. The summed E-state index contributed by atoms with van der Waals surface area (Å²) in [6.45, 7) is 6.53. The lowest BCUT2D eigenvalue weighted by Gasteiger charge is -2.20. The molecule has 3 rings (SSSR count). The van der Waals surface area contributed by atoms with Gasteiger partial charge in [-0.25, -0.2) is 4.79 Å². The van der Waals surface area contributed by atoms with Crippen molar-refractivity contribution >= 4 is 16.9 Å². The van der Waals surface area contributed by atoms with Crippen LogP contribution in [0.2, 0.25) is 0 Å². The maximum atomic E-state index is 12.5. The third kappa shape index (κ3) is 2.05. The summed E-state index contributed by atoms with van der Waals surface area (Å²) in [4.78, 5) is 29.1. The summed E-state index contributed by atoms with van der Waals surface area (Å²) in [5, 5.41) is 9.38. The zero-order valence-corrected chi connectivity index (χ0v) is 14.0. The van der Waals surface area contributed by atoms with Gasteiger partial charge in [-0.3, -0.25) is 18.3 Å². The van der Waals surface area contributed by atoms with Crippen LogP contribution in [0.25, 0.3) is 16.9 Å². The number of aromatic nitrogens is 5. The van der Waals surface area contributed by atoms with Crippen LogP contribution in [0, 0.1) is 0 Å². The number of imidazole rings is 2. The molecule has 0 fully saturated rings. The maximum Gasteiger partial charge on any atom is 0.332 e. The summed E-state index contributed by atoms with van der Waals surface area (Å²) in [5.74, 6) is 0.553. The second kappa shape index (κ2) is 4.82. The molecule has 0 aliphatic rings. The highest BCUT2D eigenvalue weighted by molar-refractivity contribution is 5.75. The van der Waals surface area contributed by atoms with Gasteiger partial charge in [0.05, 0.1) is 6.61 Å². The van der Waals surface area contributed by atoms with Gasteiger partial charge in [0.2, 0.25) is 5.78 Å². The van der Waals surface area contributed by atoms with Gasteiger partial charge in [0.1, 0.15) is 0 Å². The van der Waals surface area contributed by atoms with E-state index < -0.39 is 5.69 Å². The monoisotopic (exact) mass is 319 g/mol. The van der Waals surface area contributed by atoms with E-state index in [0.29, 0.717) is 23.5 Å². The second-order valence-electron chi connectivity index (χ2n) is 6.80. The zero-order valence-electron chi connectivity index (χ0n) is 14.0. The van der Waals surface area contributed by atoms with Crippen LogP contribution < -0.4 is 11.2 Å². The van der Waals surface area contributed by atoms with Crippen molar-refractivity contribution in [3.63, 3.8) is 0 Å². The van der Waals surface area contributed by atoms with Crippen molar-refractivity contribution in [3.05, 3.63) is 32.7 Å². The topological polar surface area (TPSA) is 86.5 Å². The summed E-state index contributed by atoms with van der Waals surface area (Å²) >= 11 is 0. The average molecular weight is 319 g/mol. The van der Waals surface area contributed by atoms with Crippen molar-refractivity contribution in [1.82, 2.24) is 23.1 Å². The minimum atomic E-state index is -0.409. The van der Waals surface area contributed by atoms with E-state index in [1.165, 1.54) is 11.6 Å². The molecular weight excluding hydrogens is 298 g/mol. The number of aliphatic hydroxyl groups is 1. The lowest BCUT2D eigenvalue weighted by molar-refractivity contribution is 0.273. The van der Waals surface area contributed by atoms with Crippen molar-refractivity contribution in [2.45, 2.75) is 32.7 Å². The van der Waals surface area contributed by atoms with Crippen molar-refractivity contribution in [3.8, 4) is 0 Å². The molecule has 0 aliphatic heterocycles. The number of fused-ring (bicyclic) bond motifs is 3. The number of hydrogen-bond acceptors (Lipinski definition) is 4. The molecule has 3 aromatic heterocycles. The number of nitrogens with zero attached hydrogens (tertiary/aromatic N) is 5. The normalized spacial score (nSPS) is 12.6. The molecular formula is C15H21N5O3. The molecule has 0 aliphatic carbocycles. The van der Waals surface area contributed by atoms with E-state index in [-0.39, 0.29) is 17.6 Å². The fourth-order valence-corrected chi connectivity index (χ4v) is 2.93. The maximum absolute atomic E-state index is 12.5. The van der Waals surface area contributed by atoms with Crippen LogP contribution >= 0.6 is 0 Å². The fraction of sp³-hybridized carbons (Fsp3) is 0.533. The van der Waals surface area contributed by atoms with Gasteiger partial charge in [-0.2, -0.15) is 4.98 Å². The molecule has 0 unspecified atom stereocenters. The lowest BCUT2D eigenvalue weighted by Crippen LogP contribution is -2.37. The van der Waals surface area contributed by atoms with Gasteiger partial charge in [0.25, 0.3) is 5.56 Å². The molecule has 1 N–H and O–H groups in total.